The van der Waals surface area contributed by atoms with Crippen molar-refractivity contribution in [3.8, 4) is 0 Å². The Bertz CT molecular complexity index is 1320. The van der Waals surface area contributed by atoms with Gasteiger partial charge in [-0.15, -0.1) is 0 Å². The van der Waals surface area contributed by atoms with E-state index in [-0.39, 0.29) is 30.2 Å². The molecule has 0 radical (unpaired) electrons. The Labute approximate surface area is 235 Å². The molecule has 1 unspecified atom stereocenters. The van der Waals surface area contributed by atoms with E-state index in [1.165, 1.54) is 0 Å². The van der Waals surface area contributed by atoms with E-state index in [2.05, 4.69) is 21.6 Å². The van der Waals surface area contributed by atoms with Gasteiger partial charge in [0.15, 0.2) is 0 Å². The number of alkyl carbamates (subject to hydrolysis) is 1. The van der Waals surface area contributed by atoms with E-state index >= 15 is 0 Å². The van der Waals surface area contributed by atoms with Gasteiger partial charge >= 0.3 is 11.8 Å². The van der Waals surface area contributed by atoms with Crippen LogP contribution in [0.2, 0.25) is 0 Å². The van der Waals surface area contributed by atoms with Gasteiger partial charge in [-0.2, -0.15) is 0 Å². The largest absolute Gasteiger partial charge is 0.444 e. The lowest BCUT2D eigenvalue weighted by Gasteiger charge is -2.37. The number of nitrogens with one attached hydrogen (secondary N) is 2. The fourth-order valence-electron chi connectivity index (χ4n) is 6.78. The number of carbonyl (C=O) groups is 3. The summed E-state index contributed by atoms with van der Waals surface area (Å²) in [6.07, 6.45) is 6.48. The number of nitrogens with zero attached hydrogens (tertiary/aromatic N) is 3. The molecule has 0 spiro atoms. The monoisotopic (exact) mass is 553 g/mol. The summed E-state index contributed by atoms with van der Waals surface area (Å²) in [4.78, 5) is 52.2. The van der Waals surface area contributed by atoms with E-state index in [0.29, 0.717) is 18.3 Å². The van der Waals surface area contributed by atoms with Crippen molar-refractivity contribution in [1.29, 1.82) is 0 Å². The van der Waals surface area contributed by atoms with Crippen LogP contribution in [-0.2, 0) is 21.4 Å². The number of amides is 3. The number of aromatic nitrogens is 2. The SMILES string of the molecule is Cn1c(=O)n(C2CCC(=O)NC2=O)c2cccc(C3CCN(CC4CCC(NC(=O)OC(C)(C)C)CC4)CC3)c21. The Morgan fingerprint density at radius 1 is 1.02 bits per heavy atom. The number of benzene rings is 1. The van der Waals surface area contributed by atoms with E-state index in [1.807, 2.05) is 32.9 Å². The van der Waals surface area contributed by atoms with Crippen LogP contribution < -0.4 is 16.3 Å². The number of imidazole rings is 1. The third-order valence-corrected chi connectivity index (χ3v) is 8.77. The van der Waals surface area contributed by atoms with Gasteiger partial charge in [0.25, 0.3) is 0 Å². The van der Waals surface area contributed by atoms with Crippen molar-refractivity contribution in [2.45, 2.75) is 95.7 Å². The smallest absolute Gasteiger partial charge is 0.407 e. The number of hydrogen-bond donors (Lipinski definition) is 2. The Hall–Kier alpha value is -3.14. The number of ether oxygens (including phenoxy) is 1. The molecule has 2 aromatic rings. The molecule has 3 heterocycles. The van der Waals surface area contributed by atoms with Crippen molar-refractivity contribution in [1.82, 2.24) is 24.7 Å². The van der Waals surface area contributed by atoms with Gasteiger partial charge in [-0.25, -0.2) is 9.59 Å². The topological polar surface area (TPSA) is 115 Å². The predicted octanol–water partition coefficient (Wildman–Crippen LogP) is 3.58. The fraction of sp³-hybridized carbons (Fsp3) is 0.667. The zero-order chi connectivity index (χ0) is 28.6. The summed E-state index contributed by atoms with van der Waals surface area (Å²) in [5.41, 5.74) is 2.12. The summed E-state index contributed by atoms with van der Waals surface area (Å²) in [6, 6.07) is 5.54. The summed E-state index contributed by atoms with van der Waals surface area (Å²) in [6.45, 7) is 8.75. The first-order chi connectivity index (χ1) is 19.0. The van der Waals surface area contributed by atoms with Crippen LogP contribution in [0.25, 0.3) is 11.0 Å². The first-order valence-electron chi connectivity index (χ1n) is 14.8. The lowest BCUT2D eigenvalue weighted by Crippen LogP contribution is -2.44. The van der Waals surface area contributed by atoms with Crippen LogP contribution in [0.4, 0.5) is 4.79 Å². The Kier molecular flexibility index (Phi) is 8.08. The average molecular weight is 554 g/mol. The van der Waals surface area contributed by atoms with Gasteiger partial charge in [0.2, 0.25) is 11.8 Å². The molecule has 0 bridgehead atoms. The number of imide groups is 1. The number of hydrogen-bond acceptors (Lipinski definition) is 6. The minimum absolute atomic E-state index is 0.191. The predicted molar refractivity (Wildman–Crippen MR) is 152 cm³/mol. The first kappa shape index (κ1) is 28.4. The van der Waals surface area contributed by atoms with Crippen LogP contribution in [0.5, 0.6) is 0 Å². The number of carbonyl (C=O) groups excluding carboxylic acids is 3. The standard InChI is InChI=1S/C30H43N5O5/c1-30(2,3)40-28(38)31-21-10-8-19(9-11-21)18-34-16-14-20(15-17-34)22-6-5-7-23-26(22)33(4)29(39)35(23)24-12-13-25(36)32-27(24)37/h5-7,19-21,24H,8-18H2,1-4H3,(H,31,38)(H,32,36,37). The molecule has 10 heteroatoms. The van der Waals surface area contributed by atoms with Gasteiger partial charge in [0, 0.05) is 26.1 Å². The van der Waals surface area contributed by atoms with Crippen molar-refractivity contribution in [2.24, 2.45) is 13.0 Å². The molecule has 1 atom stereocenters. The van der Waals surface area contributed by atoms with Gasteiger partial charge in [0.1, 0.15) is 11.6 Å². The molecule has 3 fully saturated rings. The Morgan fingerprint density at radius 2 is 1.73 bits per heavy atom. The van der Waals surface area contributed by atoms with Crippen molar-refractivity contribution < 1.29 is 19.1 Å². The normalized spacial score (nSPS) is 25.1. The zero-order valence-corrected chi connectivity index (χ0v) is 24.2. The van der Waals surface area contributed by atoms with Crippen LogP contribution in [0, 0.1) is 5.92 Å². The fourth-order valence-corrected chi connectivity index (χ4v) is 6.78. The summed E-state index contributed by atoms with van der Waals surface area (Å²) >= 11 is 0. The maximum Gasteiger partial charge on any atom is 0.407 e. The van der Waals surface area contributed by atoms with E-state index < -0.39 is 17.6 Å². The zero-order valence-electron chi connectivity index (χ0n) is 24.2. The van der Waals surface area contributed by atoms with Gasteiger partial charge in [0.05, 0.1) is 11.0 Å². The summed E-state index contributed by atoms with van der Waals surface area (Å²) in [7, 11) is 1.78. The third kappa shape index (κ3) is 6.11. The molecule has 1 saturated carbocycles. The van der Waals surface area contributed by atoms with E-state index in [9.17, 15) is 19.2 Å². The Morgan fingerprint density at radius 3 is 2.38 bits per heavy atom. The van der Waals surface area contributed by atoms with Crippen LogP contribution in [-0.4, -0.2) is 63.2 Å². The quantitative estimate of drug-likeness (QED) is 0.547. The molecule has 2 N–H and O–H groups in total. The molecular formula is C30H43N5O5. The maximum atomic E-state index is 13.3. The molecule has 40 heavy (non-hydrogen) atoms. The van der Waals surface area contributed by atoms with E-state index in [1.54, 1.807) is 16.2 Å². The highest BCUT2D eigenvalue weighted by atomic mass is 16.6. The lowest BCUT2D eigenvalue weighted by molar-refractivity contribution is -0.135. The second-order valence-electron chi connectivity index (χ2n) is 12.8. The minimum Gasteiger partial charge on any atom is -0.444 e. The van der Waals surface area contributed by atoms with Gasteiger partial charge in [-0.05, 0) is 102 Å². The highest BCUT2D eigenvalue weighted by Crippen LogP contribution is 2.35. The minimum atomic E-state index is -0.666. The number of rotatable bonds is 5. The van der Waals surface area contributed by atoms with Crippen molar-refractivity contribution >= 4 is 28.9 Å². The molecule has 1 aliphatic carbocycles. The number of piperidine rings is 2. The van der Waals surface area contributed by atoms with E-state index in [4.69, 9.17) is 4.74 Å². The number of likely N-dealkylation sites (tertiary alicyclic amines) is 1. The van der Waals surface area contributed by atoms with Gasteiger partial charge < -0.3 is 15.0 Å². The Balaban J connectivity index is 1.18. The number of aryl methyl sites for hydroxylation is 1. The first-order valence-corrected chi connectivity index (χ1v) is 14.8. The van der Waals surface area contributed by atoms with Crippen LogP contribution >= 0.6 is 0 Å². The highest BCUT2D eigenvalue weighted by Gasteiger charge is 2.33. The number of para-hydroxylation sites is 1. The molecule has 5 rings (SSSR count). The average Bonchev–Trinajstić information content (AvgIpc) is 3.14. The van der Waals surface area contributed by atoms with E-state index in [0.717, 1.165) is 74.8 Å². The molecule has 2 aliphatic heterocycles. The molecular weight excluding hydrogens is 510 g/mol. The molecule has 218 valence electrons. The second-order valence-corrected chi connectivity index (χ2v) is 12.8. The summed E-state index contributed by atoms with van der Waals surface area (Å²) in [5.74, 6) is 0.295. The molecule has 1 aromatic heterocycles. The summed E-state index contributed by atoms with van der Waals surface area (Å²) in [5, 5.41) is 5.42. The lowest BCUT2D eigenvalue weighted by atomic mass is 9.84. The van der Waals surface area contributed by atoms with Gasteiger partial charge in [-0.3, -0.25) is 24.0 Å². The third-order valence-electron chi connectivity index (χ3n) is 8.77. The van der Waals surface area contributed by atoms with Crippen molar-refractivity contribution in [3.05, 3.63) is 34.2 Å². The van der Waals surface area contributed by atoms with Crippen LogP contribution in [0.3, 0.4) is 0 Å². The molecule has 3 aliphatic rings. The maximum absolute atomic E-state index is 13.3. The van der Waals surface area contributed by atoms with Crippen LogP contribution in [0.1, 0.15) is 89.7 Å². The highest BCUT2D eigenvalue weighted by molar-refractivity contribution is 6.00. The molecule has 1 aromatic carbocycles. The number of fused-ring (bicyclic) bond motifs is 1. The van der Waals surface area contributed by atoms with Gasteiger partial charge in [-0.1, -0.05) is 12.1 Å². The molecule has 3 amide bonds. The second kappa shape index (κ2) is 11.4. The molecule has 2 saturated heterocycles. The van der Waals surface area contributed by atoms with Crippen molar-refractivity contribution in [3.63, 3.8) is 0 Å². The van der Waals surface area contributed by atoms with Crippen molar-refractivity contribution in [2.75, 3.05) is 19.6 Å². The van der Waals surface area contributed by atoms with Crippen LogP contribution in [0.15, 0.2) is 23.0 Å². The summed E-state index contributed by atoms with van der Waals surface area (Å²) < 4.78 is 8.65. The molecule has 10 nitrogen and oxygen atoms in total.